The fraction of sp³-hybridized carbons (Fsp3) is 0.882. The molecule has 0 radical (unpaired) electrons. The van der Waals surface area contributed by atoms with Crippen molar-refractivity contribution in [2.45, 2.75) is 51.9 Å². The first-order valence-electron chi connectivity index (χ1n) is 8.25. The Kier molecular flexibility index (Phi) is 2.65. The lowest BCUT2D eigenvalue weighted by atomic mass is 9.53. The van der Waals surface area contributed by atoms with Crippen LogP contribution in [0.3, 0.4) is 0 Å². The average Bonchev–Trinajstić information content (AvgIpc) is 2.65. The Morgan fingerprint density at radius 1 is 0.842 bits per heavy atom. The topological polar surface area (TPSA) is 34.1 Å². The minimum Gasteiger partial charge on any atom is -0.291 e. The van der Waals surface area contributed by atoms with E-state index in [1.165, 1.54) is 32.1 Å². The van der Waals surface area contributed by atoms with Crippen LogP contribution in [0.5, 0.6) is 0 Å². The average molecular weight is 260 g/mol. The smallest absolute Gasteiger partial charge is 0.202 e. The van der Waals surface area contributed by atoms with Crippen LogP contribution < -0.4 is 0 Å². The Morgan fingerprint density at radius 2 is 1.63 bits per heavy atom. The highest BCUT2D eigenvalue weighted by atomic mass is 16.2. The highest BCUT2D eigenvalue weighted by molar-refractivity contribution is 6.41. The summed E-state index contributed by atoms with van der Waals surface area (Å²) in [6, 6.07) is 0. The van der Waals surface area contributed by atoms with Gasteiger partial charge >= 0.3 is 0 Å². The van der Waals surface area contributed by atoms with E-state index in [0.717, 1.165) is 30.6 Å². The zero-order valence-electron chi connectivity index (χ0n) is 11.8. The molecule has 0 aromatic rings. The van der Waals surface area contributed by atoms with E-state index >= 15 is 0 Å². The van der Waals surface area contributed by atoms with E-state index < -0.39 is 0 Å². The van der Waals surface area contributed by atoms with Crippen LogP contribution >= 0.6 is 0 Å². The number of fused-ring (bicyclic) bond motifs is 2. The summed E-state index contributed by atoms with van der Waals surface area (Å²) in [7, 11) is 0. The van der Waals surface area contributed by atoms with Crippen molar-refractivity contribution in [3.05, 3.63) is 0 Å². The van der Waals surface area contributed by atoms with Crippen molar-refractivity contribution in [3.8, 4) is 0 Å². The van der Waals surface area contributed by atoms with Gasteiger partial charge in [-0.1, -0.05) is 19.8 Å². The first-order chi connectivity index (χ1) is 9.16. The number of hydrogen-bond acceptors (Lipinski definition) is 2. The van der Waals surface area contributed by atoms with Crippen LogP contribution in [0, 0.1) is 41.4 Å². The van der Waals surface area contributed by atoms with E-state index in [-0.39, 0.29) is 23.4 Å². The molecule has 0 spiro atoms. The molecule has 4 fully saturated rings. The van der Waals surface area contributed by atoms with Crippen LogP contribution in [0.25, 0.3) is 0 Å². The molecule has 0 amide bonds. The number of ketones is 2. The van der Waals surface area contributed by atoms with Crippen molar-refractivity contribution in [2.24, 2.45) is 41.4 Å². The lowest BCUT2D eigenvalue weighted by molar-refractivity contribution is -0.137. The fourth-order valence-electron chi connectivity index (χ4n) is 6.13. The molecule has 2 heteroatoms. The third kappa shape index (κ3) is 1.61. The largest absolute Gasteiger partial charge is 0.291 e. The molecule has 19 heavy (non-hydrogen) atoms. The molecule has 7 atom stereocenters. The van der Waals surface area contributed by atoms with Crippen LogP contribution in [-0.4, -0.2) is 11.6 Å². The molecular weight excluding hydrogens is 236 g/mol. The molecule has 104 valence electrons. The predicted octanol–water partition coefficient (Wildman–Crippen LogP) is 3.24. The van der Waals surface area contributed by atoms with Gasteiger partial charge in [-0.05, 0) is 61.7 Å². The van der Waals surface area contributed by atoms with E-state index in [0.29, 0.717) is 11.8 Å². The highest BCUT2D eigenvalue weighted by Gasteiger charge is 2.58. The van der Waals surface area contributed by atoms with Crippen molar-refractivity contribution >= 4 is 11.6 Å². The Labute approximate surface area is 115 Å². The van der Waals surface area contributed by atoms with E-state index in [1.54, 1.807) is 0 Å². The van der Waals surface area contributed by atoms with Crippen molar-refractivity contribution in [3.63, 3.8) is 0 Å². The molecular formula is C17H24O2. The van der Waals surface area contributed by atoms with E-state index in [4.69, 9.17) is 0 Å². The Bertz CT molecular complexity index is 427. The molecule has 0 saturated heterocycles. The van der Waals surface area contributed by atoms with Crippen molar-refractivity contribution in [1.82, 2.24) is 0 Å². The third-order valence-corrected chi connectivity index (χ3v) is 6.80. The molecule has 2 nitrogen and oxygen atoms in total. The van der Waals surface area contributed by atoms with Crippen LogP contribution in [0.2, 0.25) is 0 Å². The second-order valence-electron chi connectivity index (χ2n) is 7.69. The zero-order valence-corrected chi connectivity index (χ0v) is 11.8. The van der Waals surface area contributed by atoms with Gasteiger partial charge < -0.3 is 0 Å². The fourth-order valence-corrected chi connectivity index (χ4v) is 6.13. The van der Waals surface area contributed by atoms with Crippen LogP contribution in [0.15, 0.2) is 0 Å². The highest BCUT2D eigenvalue weighted by Crippen LogP contribution is 2.58. The molecule has 0 bridgehead atoms. The van der Waals surface area contributed by atoms with Crippen LogP contribution in [0.1, 0.15) is 51.9 Å². The number of carbonyl (C=O) groups excluding carboxylic acids is 2. The van der Waals surface area contributed by atoms with Gasteiger partial charge in [0.2, 0.25) is 11.6 Å². The SMILES string of the molecule is CC1CCC2C(C1)CC1C(=O)C(=O)C3CCCC2C31. The van der Waals surface area contributed by atoms with Crippen molar-refractivity contribution < 1.29 is 9.59 Å². The molecule has 0 heterocycles. The lowest BCUT2D eigenvalue weighted by Gasteiger charge is -2.51. The minimum atomic E-state index is 0.00592. The first-order valence-corrected chi connectivity index (χ1v) is 8.25. The van der Waals surface area contributed by atoms with E-state index in [9.17, 15) is 9.59 Å². The number of carbonyl (C=O) groups is 2. The lowest BCUT2D eigenvalue weighted by Crippen LogP contribution is -2.45. The van der Waals surface area contributed by atoms with Gasteiger partial charge in [0.05, 0.1) is 0 Å². The first kappa shape index (κ1) is 12.1. The zero-order chi connectivity index (χ0) is 13.1. The van der Waals surface area contributed by atoms with Crippen LogP contribution in [0.4, 0.5) is 0 Å². The molecule has 0 aliphatic heterocycles. The summed E-state index contributed by atoms with van der Waals surface area (Å²) in [4.78, 5) is 24.5. The van der Waals surface area contributed by atoms with Gasteiger partial charge in [0.15, 0.2) is 0 Å². The van der Waals surface area contributed by atoms with Gasteiger partial charge in [0.25, 0.3) is 0 Å². The van der Waals surface area contributed by atoms with Crippen molar-refractivity contribution in [2.75, 3.05) is 0 Å². The van der Waals surface area contributed by atoms with Gasteiger partial charge in [-0.3, -0.25) is 9.59 Å². The summed E-state index contributed by atoms with van der Waals surface area (Å²) in [5, 5.41) is 0. The number of hydrogen-bond donors (Lipinski definition) is 0. The standard InChI is InChI=1S/C17H24O2/c1-9-5-6-11-10(7-9)8-14-15-12(11)3-2-4-13(15)16(18)17(14)19/h9-15H,2-8H2,1H3. The quantitative estimate of drug-likeness (QED) is 0.627. The summed E-state index contributed by atoms with van der Waals surface area (Å²) in [6.07, 6.45) is 8.52. The molecule has 0 aromatic heterocycles. The van der Waals surface area contributed by atoms with Crippen LogP contribution in [-0.2, 0) is 9.59 Å². The van der Waals surface area contributed by atoms with Gasteiger partial charge in [-0.15, -0.1) is 0 Å². The summed E-state index contributed by atoms with van der Waals surface area (Å²) in [5.41, 5.74) is 0. The van der Waals surface area contributed by atoms with Gasteiger partial charge in [-0.25, -0.2) is 0 Å². The maximum Gasteiger partial charge on any atom is 0.202 e. The van der Waals surface area contributed by atoms with E-state index in [1.807, 2.05) is 0 Å². The molecule has 4 rings (SSSR count). The predicted molar refractivity (Wildman–Crippen MR) is 72.4 cm³/mol. The maximum atomic E-state index is 12.3. The molecule has 7 unspecified atom stereocenters. The maximum absolute atomic E-state index is 12.3. The summed E-state index contributed by atoms with van der Waals surface area (Å²) >= 11 is 0. The van der Waals surface area contributed by atoms with Gasteiger partial charge in [0.1, 0.15) is 0 Å². The summed E-state index contributed by atoms with van der Waals surface area (Å²) in [5.74, 6) is 3.80. The Hall–Kier alpha value is -0.660. The molecule has 4 aliphatic carbocycles. The Morgan fingerprint density at radius 3 is 2.47 bits per heavy atom. The monoisotopic (exact) mass is 260 g/mol. The summed E-state index contributed by atoms with van der Waals surface area (Å²) in [6.45, 7) is 2.35. The molecule has 0 N–H and O–H groups in total. The second-order valence-corrected chi connectivity index (χ2v) is 7.69. The number of rotatable bonds is 0. The third-order valence-electron chi connectivity index (χ3n) is 6.80. The normalized spacial score (nSPS) is 52.8. The van der Waals surface area contributed by atoms with Gasteiger partial charge in [-0.2, -0.15) is 0 Å². The molecule has 4 aliphatic rings. The van der Waals surface area contributed by atoms with E-state index in [2.05, 4.69) is 6.92 Å². The number of Topliss-reactive ketones (excluding diaryl/α,β-unsaturated/α-hetero) is 2. The minimum absolute atomic E-state index is 0.00592. The molecule has 0 aromatic carbocycles. The van der Waals surface area contributed by atoms with Crippen molar-refractivity contribution in [1.29, 1.82) is 0 Å². The van der Waals surface area contributed by atoms with Gasteiger partial charge in [0, 0.05) is 11.8 Å². The second kappa shape index (κ2) is 4.17. The molecule has 4 saturated carbocycles. The Balaban J connectivity index is 1.69. The summed E-state index contributed by atoms with van der Waals surface area (Å²) < 4.78 is 0.